The maximum atomic E-state index is 12.4. The van der Waals surface area contributed by atoms with Crippen LogP contribution in [0.1, 0.15) is 45.2 Å². The van der Waals surface area contributed by atoms with Crippen LogP contribution in [0.25, 0.3) is 0 Å². The van der Waals surface area contributed by atoms with Crippen LogP contribution in [0.15, 0.2) is 9.27 Å². The molecule has 0 bridgehead atoms. The SMILES string of the molecule is CCCCNC(=O)Cn1c(NCCCC)nc(C)c(Br)c1=O. The molecule has 0 atom stereocenters. The third-order valence-electron chi connectivity index (χ3n) is 3.25. The second-order valence-corrected chi connectivity index (χ2v) is 6.00. The van der Waals surface area contributed by atoms with E-state index in [1.54, 1.807) is 6.92 Å². The quantitative estimate of drug-likeness (QED) is 0.652. The van der Waals surface area contributed by atoms with E-state index in [-0.39, 0.29) is 18.0 Å². The zero-order valence-electron chi connectivity index (χ0n) is 13.5. The van der Waals surface area contributed by atoms with Gasteiger partial charge in [0.1, 0.15) is 11.0 Å². The monoisotopic (exact) mass is 372 g/mol. The Morgan fingerprint density at radius 3 is 2.50 bits per heavy atom. The van der Waals surface area contributed by atoms with Crippen molar-refractivity contribution in [3.05, 3.63) is 20.5 Å². The Kier molecular flexibility index (Phi) is 8.16. The molecule has 0 aliphatic heterocycles. The van der Waals surface area contributed by atoms with E-state index in [4.69, 9.17) is 0 Å². The van der Waals surface area contributed by atoms with Gasteiger partial charge >= 0.3 is 0 Å². The summed E-state index contributed by atoms with van der Waals surface area (Å²) in [5, 5.41) is 5.97. The van der Waals surface area contributed by atoms with E-state index < -0.39 is 0 Å². The highest BCUT2D eigenvalue weighted by Gasteiger charge is 2.14. The van der Waals surface area contributed by atoms with Crippen LogP contribution in [0.3, 0.4) is 0 Å². The van der Waals surface area contributed by atoms with Crippen molar-refractivity contribution >= 4 is 27.8 Å². The molecule has 0 radical (unpaired) electrons. The molecular weight excluding hydrogens is 348 g/mol. The second-order valence-electron chi connectivity index (χ2n) is 5.21. The molecule has 1 rings (SSSR count). The average molecular weight is 373 g/mol. The van der Waals surface area contributed by atoms with Gasteiger partial charge in [-0.05, 0) is 35.7 Å². The van der Waals surface area contributed by atoms with Gasteiger partial charge in [0.05, 0.1) is 5.69 Å². The first-order chi connectivity index (χ1) is 10.5. The normalized spacial score (nSPS) is 10.5. The molecule has 1 aromatic rings. The minimum absolute atomic E-state index is 0.0249. The van der Waals surface area contributed by atoms with Gasteiger partial charge in [0.25, 0.3) is 5.56 Å². The summed E-state index contributed by atoms with van der Waals surface area (Å²) in [6.45, 7) is 7.25. The van der Waals surface area contributed by atoms with Gasteiger partial charge in [0.2, 0.25) is 11.9 Å². The Morgan fingerprint density at radius 2 is 1.86 bits per heavy atom. The van der Waals surface area contributed by atoms with Gasteiger partial charge in [0.15, 0.2) is 0 Å². The number of nitrogens with one attached hydrogen (secondary N) is 2. The van der Waals surface area contributed by atoms with Gasteiger partial charge in [-0.1, -0.05) is 26.7 Å². The van der Waals surface area contributed by atoms with Crippen LogP contribution < -0.4 is 16.2 Å². The highest BCUT2D eigenvalue weighted by atomic mass is 79.9. The Bertz CT molecular complexity index is 557. The lowest BCUT2D eigenvalue weighted by molar-refractivity contribution is -0.121. The van der Waals surface area contributed by atoms with Crippen molar-refractivity contribution in [1.29, 1.82) is 0 Å². The summed E-state index contributed by atoms with van der Waals surface area (Å²) in [5.41, 5.74) is 0.378. The van der Waals surface area contributed by atoms with Crippen LogP contribution in [-0.2, 0) is 11.3 Å². The maximum Gasteiger partial charge on any atom is 0.269 e. The van der Waals surface area contributed by atoms with Gasteiger partial charge in [-0.3, -0.25) is 14.2 Å². The number of anilines is 1. The molecule has 0 spiro atoms. The Labute approximate surface area is 139 Å². The van der Waals surface area contributed by atoms with E-state index in [0.717, 1.165) is 32.2 Å². The first-order valence-corrected chi connectivity index (χ1v) is 8.58. The molecule has 1 heterocycles. The van der Waals surface area contributed by atoms with Crippen LogP contribution in [0.4, 0.5) is 5.95 Å². The number of aryl methyl sites for hydroxylation is 1. The molecule has 7 heteroatoms. The number of hydrogen-bond acceptors (Lipinski definition) is 4. The molecule has 22 heavy (non-hydrogen) atoms. The van der Waals surface area contributed by atoms with Crippen molar-refractivity contribution in [2.75, 3.05) is 18.4 Å². The predicted octanol–water partition coefficient (Wildman–Crippen LogP) is 2.44. The molecule has 0 aliphatic rings. The molecule has 1 amide bonds. The van der Waals surface area contributed by atoms with E-state index in [2.05, 4.69) is 45.4 Å². The molecule has 2 N–H and O–H groups in total. The van der Waals surface area contributed by atoms with Gasteiger partial charge in [0, 0.05) is 13.1 Å². The van der Waals surface area contributed by atoms with Gasteiger partial charge in [-0.2, -0.15) is 0 Å². The minimum Gasteiger partial charge on any atom is -0.356 e. The standard InChI is InChI=1S/C15H25BrN4O2/c1-4-6-8-17-12(21)10-20-14(22)13(16)11(3)19-15(20)18-9-7-5-2/h4-10H2,1-3H3,(H,17,21)(H,18,19). The van der Waals surface area contributed by atoms with Crippen LogP contribution in [-0.4, -0.2) is 28.5 Å². The molecule has 6 nitrogen and oxygen atoms in total. The third kappa shape index (κ3) is 5.44. The van der Waals surface area contributed by atoms with E-state index in [0.29, 0.717) is 22.7 Å². The number of rotatable bonds is 9. The summed E-state index contributed by atoms with van der Waals surface area (Å²) >= 11 is 3.24. The Morgan fingerprint density at radius 1 is 1.23 bits per heavy atom. The van der Waals surface area contributed by atoms with E-state index >= 15 is 0 Å². The maximum absolute atomic E-state index is 12.4. The number of nitrogens with zero attached hydrogens (tertiary/aromatic N) is 2. The molecular formula is C15H25BrN4O2. The molecule has 1 aromatic heterocycles. The van der Waals surface area contributed by atoms with Crippen molar-refractivity contribution in [2.45, 2.75) is 53.0 Å². The Balaban J connectivity index is 2.92. The highest BCUT2D eigenvalue weighted by molar-refractivity contribution is 9.10. The van der Waals surface area contributed by atoms with Crippen molar-refractivity contribution in [2.24, 2.45) is 0 Å². The summed E-state index contributed by atoms with van der Waals surface area (Å²) in [7, 11) is 0. The lowest BCUT2D eigenvalue weighted by atomic mass is 10.3. The largest absolute Gasteiger partial charge is 0.356 e. The molecule has 0 saturated heterocycles. The predicted molar refractivity (Wildman–Crippen MR) is 92.2 cm³/mol. The topological polar surface area (TPSA) is 76.0 Å². The van der Waals surface area contributed by atoms with Crippen molar-refractivity contribution in [3.63, 3.8) is 0 Å². The van der Waals surface area contributed by atoms with Crippen molar-refractivity contribution in [3.8, 4) is 0 Å². The van der Waals surface area contributed by atoms with Gasteiger partial charge in [-0.25, -0.2) is 4.98 Å². The summed E-state index contributed by atoms with van der Waals surface area (Å²) in [5.74, 6) is 0.274. The number of halogens is 1. The van der Waals surface area contributed by atoms with Crippen LogP contribution in [0.5, 0.6) is 0 Å². The minimum atomic E-state index is -0.239. The summed E-state index contributed by atoms with van der Waals surface area (Å²) in [6, 6.07) is 0. The van der Waals surface area contributed by atoms with E-state index in [1.807, 2.05) is 0 Å². The molecule has 0 aromatic carbocycles. The molecule has 0 unspecified atom stereocenters. The second kappa shape index (κ2) is 9.61. The van der Waals surface area contributed by atoms with E-state index in [1.165, 1.54) is 4.57 Å². The van der Waals surface area contributed by atoms with Crippen LogP contribution in [0.2, 0.25) is 0 Å². The number of hydrogen-bond donors (Lipinski definition) is 2. The van der Waals surface area contributed by atoms with Crippen LogP contribution in [0, 0.1) is 6.92 Å². The van der Waals surface area contributed by atoms with E-state index in [9.17, 15) is 9.59 Å². The summed E-state index contributed by atoms with van der Waals surface area (Å²) in [4.78, 5) is 28.7. The summed E-state index contributed by atoms with van der Waals surface area (Å²) in [6.07, 6.45) is 3.97. The Hall–Kier alpha value is -1.37. The zero-order chi connectivity index (χ0) is 16.5. The average Bonchev–Trinajstić information content (AvgIpc) is 2.49. The smallest absolute Gasteiger partial charge is 0.269 e. The lowest BCUT2D eigenvalue weighted by Gasteiger charge is -2.15. The number of carbonyl (C=O) groups excluding carboxylic acids is 1. The third-order valence-corrected chi connectivity index (χ3v) is 4.16. The fourth-order valence-corrected chi connectivity index (χ4v) is 2.20. The first-order valence-electron chi connectivity index (χ1n) is 7.78. The number of amides is 1. The fraction of sp³-hybridized carbons (Fsp3) is 0.667. The number of carbonyl (C=O) groups is 1. The lowest BCUT2D eigenvalue weighted by Crippen LogP contribution is -2.35. The molecule has 0 fully saturated rings. The van der Waals surface area contributed by atoms with Crippen molar-refractivity contribution < 1.29 is 4.79 Å². The van der Waals surface area contributed by atoms with Gasteiger partial charge < -0.3 is 10.6 Å². The number of aromatic nitrogens is 2. The highest BCUT2D eigenvalue weighted by Crippen LogP contribution is 2.12. The van der Waals surface area contributed by atoms with Crippen molar-refractivity contribution in [1.82, 2.24) is 14.9 Å². The first kappa shape index (κ1) is 18.7. The molecule has 124 valence electrons. The zero-order valence-corrected chi connectivity index (χ0v) is 15.1. The molecule has 0 aliphatic carbocycles. The van der Waals surface area contributed by atoms with Crippen LogP contribution >= 0.6 is 15.9 Å². The number of unbranched alkanes of at least 4 members (excludes halogenated alkanes) is 2. The fourth-order valence-electron chi connectivity index (χ4n) is 1.90. The van der Waals surface area contributed by atoms with Gasteiger partial charge in [-0.15, -0.1) is 0 Å². The summed E-state index contributed by atoms with van der Waals surface area (Å²) < 4.78 is 1.78. The molecule has 0 saturated carbocycles.